The van der Waals surface area contributed by atoms with E-state index in [0.29, 0.717) is 18.8 Å². The van der Waals surface area contributed by atoms with E-state index < -0.39 is 6.09 Å². The molecule has 2 aromatic carbocycles. The number of thioether (sulfide) groups is 1. The van der Waals surface area contributed by atoms with Gasteiger partial charge in [-0.1, -0.05) is 49.0 Å². The van der Waals surface area contributed by atoms with Gasteiger partial charge in [-0.25, -0.2) is 4.79 Å². The summed E-state index contributed by atoms with van der Waals surface area (Å²) in [6.45, 7) is 4.36. The lowest BCUT2D eigenvalue weighted by atomic mass is 10.2. The van der Waals surface area contributed by atoms with Crippen molar-refractivity contribution in [1.29, 1.82) is 0 Å². The maximum atomic E-state index is 12.7. The molecule has 8 heteroatoms. The normalized spacial score (nSPS) is 17.8. The van der Waals surface area contributed by atoms with Crippen LogP contribution >= 0.6 is 11.8 Å². The van der Waals surface area contributed by atoms with Gasteiger partial charge in [0.15, 0.2) is 5.12 Å². The number of alkyl carbamates (subject to hydrolysis) is 1. The van der Waals surface area contributed by atoms with Crippen LogP contribution in [0.2, 0.25) is 0 Å². The van der Waals surface area contributed by atoms with Crippen molar-refractivity contribution in [3.8, 4) is 11.5 Å². The molecule has 7 nitrogen and oxygen atoms in total. The zero-order valence-electron chi connectivity index (χ0n) is 18.3. The first-order valence-corrected chi connectivity index (χ1v) is 11.5. The summed E-state index contributed by atoms with van der Waals surface area (Å²) in [7, 11) is 0. The zero-order chi connectivity index (χ0) is 22.9. The number of hydrogen-bond donors (Lipinski definition) is 1. The molecular formula is C24H28N2O5S. The number of carbonyl (C=O) groups is 3. The highest BCUT2D eigenvalue weighted by atomic mass is 32.2. The molecule has 1 fully saturated rings. The molecule has 0 bridgehead atoms. The van der Waals surface area contributed by atoms with Crippen LogP contribution in [0.25, 0.3) is 0 Å². The number of nitrogens with one attached hydrogen (secondary N) is 1. The Morgan fingerprint density at radius 2 is 1.78 bits per heavy atom. The Kier molecular flexibility index (Phi) is 8.56. The van der Waals surface area contributed by atoms with E-state index in [9.17, 15) is 14.4 Å². The fraction of sp³-hybridized carbons (Fsp3) is 0.375. The smallest absolute Gasteiger partial charge is 0.407 e. The van der Waals surface area contributed by atoms with E-state index in [2.05, 4.69) is 5.32 Å². The number of para-hydroxylation sites is 1. The first kappa shape index (κ1) is 23.7. The van der Waals surface area contributed by atoms with E-state index in [-0.39, 0.29) is 35.3 Å². The van der Waals surface area contributed by atoms with Crippen molar-refractivity contribution in [2.24, 2.45) is 0 Å². The summed E-state index contributed by atoms with van der Waals surface area (Å²) < 4.78 is 11.2. The number of ether oxygens (including phenoxy) is 2. The highest BCUT2D eigenvalue weighted by molar-refractivity contribution is 8.14. The third-order valence-electron chi connectivity index (χ3n) is 5.00. The van der Waals surface area contributed by atoms with Crippen LogP contribution in [0.1, 0.15) is 32.3 Å². The maximum absolute atomic E-state index is 12.7. The molecule has 1 N–H and O–H groups in total. The minimum atomic E-state index is -0.514. The van der Waals surface area contributed by atoms with Crippen molar-refractivity contribution < 1.29 is 23.9 Å². The molecule has 0 saturated carbocycles. The molecule has 2 amide bonds. The van der Waals surface area contributed by atoms with Gasteiger partial charge < -0.3 is 19.7 Å². The van der Waals surface area contributed by atoms with Gasteiger partial charge in [0.05, 0.1) is 6.04 Å². The molecule has 3 rings (SSSR count). The van der Waals surface area contributed by atoms with Gasteiger partial charge in [-0.05, 0) is 36.2 Å². The third-order valence-corrected chi connectivity index (χ3v) is 6.12. The van der Waals surface area contributed by atoms with Crippen LogP contribution in [0.3, 0.4) is 0 Å². The molecule has 0 aromatic heterocycles. The van der Waals surface area contributed by atoms with Crippen LogP contribution in [0, 0.1) is 0 Å². The molecule has 32 heavy (non-hydrogen) atoms. The Labute approximate surface area is 192 Å². The Bertz CT molecular complexity index is 920. The van der Waals surface area contributed by atoms with E-state index >= 15 is 0 Å². The molecule has 0 aliphatic carbocycles. The molecule has 0 radical (unpaired) electrons. The van der Waals surface area contributed by atoms with Gasteiger partial charge in [-0.3, -0.25) is 9.59 Å². The molecule has 170 valence electrons. The van der Waals surface area contributed by atoms with Gasteiger partial charge in [0, 0.05) is 31.7 Å². The lowest BCUT2D eigenvalue weighted by Crippen LogP contribution is -2.41. The first-order valence-electron chi connectivity index (χ1n) is 10.7. The summed E-state index contributed by atoms with van der Waals surface area (Å²) in [4.78, 5) is 38.0. The summed E-state index contributed by atoms with van der Waals surface area (Å²) in [5.41, 5.74) is 0.924. The summed E-state index contributed by atoms with van der Waals surface area (Å²) >= 11 is 1.13. The predicted molar refractivity (Wildman–Crippen MR) is 124 cm³/mol. The molecule has 1 aliphatic heterocycles. The van der Waals surface area contributed by atoms with Crippen molar-refractivity contribution in [2.45, 2.75) is 44.5 Å². The minimum absolute atomic E-state index is 0.0431. The number of carbonyl (C=O) groups excluding carboxylic acids is 3. The van der Waals surface area contributed by atoms with Crippen LogP contribution in [-0.4, -0.2) is 46.5 Å². The second kappa shape index (κ2) is 11.6. The Balaban J connectivity index is 1.66. The lowest BCUT2D eigenvalue weighted by molar-refractivity contribution is -0.130. The summed E-state index contributed by atoms with van der Waals surface area (Å²) in [5.74, 6) is 1.39. The number of amides is 2. The Hall–Kier alpha value is -3.00. The van der Waals surface area contributed by atoms with Gasteiger partial charge in [-0.2, -0.15) is 0 Å². The number of likely N-dealkylation sites (tertiary alicyclic amines) is 1. The van der Waals surface area contributed by atoms with Crippen molar-refractivity contribution in [3.05, 3.63) is 60.2 Å². The lowest BCUT2D eigenvalue weighted by Gasteiger charge is -2.27. The zero-order valence-corrected chi connectivity index (χ0v) is 19.1. The van der Waals surface area contributed by atoms with Crippen LogP contribution in [-0.2, 0) is 20.9 Å². The molecule has 0 spiro atoms. The highest BCUT2D eigenvalue weighted by Crippen LogP contribution is 2.32. The predicted octanol–water partition coefficient (Wildman–Crippen LogP) is 4.36. The fourth-order valence-electron chi connectivity index (χ4n) is 3.47. The average Bonchev–Trinajstić information content (AvgIpc) is 3.06. The van der Waals surface area contributed by atoms with E-state index in [1.54, 1.807) is 4.90 Å². The number of benzene rings is 2. The quantitative estimate of drug-likeness (QED) is 0.603. The molecule has 1 aliphatic rings. The second-order valence-corrected chi connectivity index (χ2v) is 8.94. The Morgan fingerprint density at radius 3 is 2.44 bits per heavy atom. The average molecular weight is 457 g/mol. The number of nitrogens with zero attached hydrogens (tertiary/aromatic N) is 1. The van der Waals surface area contributed by atoms with Gasteiger partial charge in [0.1, 0.15) is 18.1 Å². The third kappa shape index (κ3) is 6.75. The molecule has 0 unspecified atom stereocenters. The molecular weight excluding hydrogens is 428 g/mol. The van der Waals surface area contributed by atoms with E-state index in [1.165, 1.54) is 6.92 Å². The monoisotopic (exact) mass is 456 g/mol. The van der Waals surface area contributed by atoms with Crippen molar-refractivity contribution in [3.63, 3.8) is 0 Å². The van der Waals surface area contributed by atoms with Crippen LogP contribution in [0.4, 0.5) is 4.79 Å². The summed E-state index contributed by atoms with van der Waals surface area (Å²) in [6.07, 6.45) is 0.528. The number of hydrogen-bond acceptors (Lipinski definition) is 6. The largest absolute Gasteiger partial charge is 0.457 e. The molecule has 1 heterocycles. The van der Waals surface area contributed by atoms with Crippen molar-refractivity contribution in [1.82, 2.24) is 10.2 Å². The SMILES string of the molecule is CCCNC(=O)OC[C@H]1[C@H](SC(C)=O)CC(=O)N1Cc1ccc(Oc2ccccc2)cc1. The fourth-order valence-corrected chi connectivity index (χ4v) is 4.51. The number of rotatable bonds is 9. The summed E-state index contributed by atoms with van der Waals surface area (Å²) in [6, 6.07) is 16.6. The second-order valence-electron chi connectivity index (χ2n) is 7.53. The van der Waals surface area contributed by atoms with Crippen LogP contribution in [0.15, 0.2) is 54.6 Å². The van der Waals surface area contributed by atoms with E-state index in [0.717, 1.165) is 29.5 Å². The van der Waals surface area contributed by atoms with E-state index in [1.807, 2.05) is 61.5 Å². The van der Waals surface area contributed by atoms with Crippen molar-refractivity contribution >= 4 is 28.9 Å². The molecule has 1 saturated heterocycles. The first-order chi connectivity index (χ1) is 15.5. The Morgan fingerprint density at radius 1 is 1.09 bits per heavy atom. The van der Waals surface area contributed by atoms with E-state index in [4.69, 9.17) is 9.47 Å². The van der Waals surface area contributed by atoms with Gasteiger partial charge >= 0.3 is 6.09 Å². The maximum Gasteiger partial charge on any atom is 0.407 e. The van der Waals surface area contributed by atoms with Gasteiger partial charge in [0.2, 0.25) is 5.91 Å². The highest BCUT2D eigenvalue weighted by Gasteiger charge is 2.41. The van der Waals surface area contributed by atoms with Crippen LogP contribution in [0.5, 0.6) is 11.5 Å². The van der Waals surface area contributed by atoms with Gasteiger partial charge in [-0.15, -0.1) is 0 Å². The molecule has 2 aromatic rings. The van der Waals surface area contributed by atoms with Gasteiger partial charge in [0.25, 0.3) is 0 Å². The van der Waals surface area contributed by atoms with Crippen molar-refractivity contribution in [2.75, 3.05) is 13.2 Å². The summed E-state index contributed by atoms with van der Waals surface area (Å²) in [5, 5.41) is 2.35. The minimum Gasteiger partial charge on any atom is -0.457 e. The standard InChI is InChI=1S/C24H28N2O5S/c1-3-13-25-24(29)30-16-21-22(32-17(2)27)14-23(28)26(21)15-18-9-11-20(12-10-18)31-19-7-5-4-6-8-19/h4-12,21-22H,3,13-16H2,1-2H3,(H,25,29)/t21-,22+/m0/s1. The van der Waals surface area contributed by atoms with Crippen LogP contribution < -0.4 is 10.1 Å². The molecule has 2 atom stereocenters. The topological polar surface area (TPSA) is 84.9 Å².